The SMILES string of the molecule is CCCNC(=O)Nc1ccc2c(c1)sc(=O)n2C. The van der Waals surface area contributed by atoms with Crippen LogP contribution in [0, 0.1) is 0 Å². The van der Waals surface area contributed by atoms with Crippen LogP contribution in [0.25, 0.3) is 10.2 Å². The second-order valence-corrected chi connectivity index (χ2v) is 4.98. The lowest BCUT2D eigenvalue weighted by atomic mass is 10.3. The second-order valence-electron chi connectivity index (χ2n) is 3.99. The largest absolute Gasteiger partial charge is 0.338 e. The van der Waals surface area contributed by atoms with E-state index < -0.39 is 0 Å². The molecule has 1 aromatic heterocycles. The third-order valence-electron chi connectivity index (χ3n) is 2.59. The molecule has 0 aliphatic rings. The molecule has 96 valence electrons. The molecule has 0 saturated carbocycles. The van der Waals surface area contributed by atoms with Crippen LogP contribution in [0.15, 0.2) is 23.0 Å². The van der Waals surface area contributed by atoms with Crippen molar-refractivity contribution < 1.29 is 4.79 Å². The first-order chi connectivity index (χ1) is 8.61. The van der Waals surface area contributed by atoms with E-state index in [0.717, 1.165) is 16.6 Å². The molecule has 0 aliphatic heterocycles. The summed E-state index contributed by atoms with van der Waals surface area (Å²) in [4.78, 5) is 23.0. The fraction of sp³-hybridized carbons (Fsp3) is 0.333. The van der Waals surface area contributed by atoms with Crippen molar-refractivity contribution >= 4 is 33.3 Å². The second kappa shape index (κ2) is 5.22. The molecule has 1 heterocycles. The monoisotopic (exact) mass is 265 g/mol. The third-order valence-corrected chi connectivity index (χ3v) is 3.58. The molecule has 2 rings (SSSR count). The number of nitrogens with zero attached hydrogens (tertiary/aromatic N) is 1. The van der Waals surface area contributed by atoms with E-state index in [-0.39, 0.29) is 10.9 Å². The number of amides is 2. The number of aromatic nitrogens is 1. The van der Waals surface area contributed by atoms with Gasteiger partial charge in [-0.05, 0) is 24.6 Å². The topological polar surface area (TPSA) is 63.1 Å². The maximum Gasteiger partial charge on any atom is 0.319 e. The highest BCUT2D eigenvalue weighted by molar-refractivity contribution is 7.16. The molecular formula is C12H15N3O2S. The van der Waals surface area contributed by atoms with Gasteiger partial charge in [-0.1, -0.05) is 18.3 Å². The standard InChI is InChI=1S/C12H15N3O2S/c1-3-6-13-11(16)14-8-4-5-9-10(7-8)18-12(17)15(9)2/h4-5,7H,3,6H2,1-2H3,(H2,13,14,16). The Balaban J connectivity index is 2.20. The zero-order valence-electron chi connectivity index (χ0n) is 10.3. The number of hydrogen-bond donors (Lipinski definition) is 2. The maximum absolute atomic E-state index is 11.5. The molecular weight excluding hydrogens is 250 g/mol. The number of urea groups is 1. The number of rotatable bonds is 3. The summed E-state index contributed by atoms with van der Waals surface area (Å²) >= 11 is 1.17. The van der Waals surface area contributed by atoms with Crippen LogP contribution in [0.3, 0.4) is 0 Å². The third kappa shape index (κ3) is 2.53. The lowest BCUT2D eigenvalue weighted by Crippen LogP contribution is -2.29. The fourth-order valence-electron chi connectivity index (χ4n) is 1.63. The van der Waals surface area contributed by atoms with E-state index in [1.54, 1.807) is 17.7 Å². The molecule has 1 aromatic carbocycles. The van der Waals surface area contributed by atoms with E-state index in [0.29, 0.717) is 12.2 Å². The minimum atomic E-state index is -0.223. The van der Waals surface area contributed by atoms with Gasteiger partial charge in [-0.3, -0.25) is 4.79 Å². The highest BCUT2D eigenvalue weighted by atomic mass is 32.1. The Morgan fingerprint density at radius 2 is 2.22 bits per heavy atom. The van der Waals surface area contributed by atoms with Gasteiger partial charge < -0.3 is 15.2 Å². The Bertz CT molecular complexity index is 630. The van der Waals surface area contributed by atoms with Crippen molar-refractivity contribution in [1.82, 2.24) is 9.88 Å². The summed E-state index contributed by atoms with van der Waals surface area (Å²) in [6.07, 6.45) is 0.896. The predicted molar refractivity (Wildman–Crippen MR) is 74.4 cm³/mol. The summed E-state index contributed by atoms with van der Waals surface area (Å²) in [5, 5.41) is 5.47. The van der Waals surface area contributed by atoms with Gasteiger partial charge in [0.1, 0.15) is 0 Å². The number of nitrogens with one attached hydrogen (secondary N) is 2. The molecule has 0 radical (unpaired) electrons. The highest BCUT2D eigenvalue weighted by Crippen LogP contribution is 2.20. The fourth-order valence-corrected chi connectivity index (χ4v) is 2.54. The van der Waals surface area contributed by atoms with Gasteiger partial charge in [0.05, 0.1) is 10.2 Å². The van der Waals surface area contributed by atoms with Crippen molar-refractivity contribution in [1.29, 1.82) is 0 Å². The van der Waals surface area contributed by atoms with Gasteiger partial charge in [-0.15, -0.1) is 0 Å². The van der Waals surface area contributed by atoms with Crippen LogP contribution in [0.2, 0.25) is 0 Å². The summed E-state index contributed by atoms with van der Waals surface area (Å²) in [6, 6.07) is 5.22. The molecule has 0 atom stereocenters. The van der Waals surface area contributed by atoms with E-state index in [4.69, 9.17) is 0 Å². The minimum Gasteiger partial charge on any atom is -0.338 e. The first-order valence-corrected chi connectivity index (χ1v) is 6.58. The van der Waals surface area contributed by atoms with Crippen LogP contribution in [0.4, 0.5) is 10.5 Å². The van der Waals surface area contributed by atoms with Crippen molar-refractivity contribution in [3.8, 4) is 0 Å². The van der Waals surface area contributed by atoms with Crippen LogP contribution >= 0.6 is 11.3 Å². The van der Waals surface area contributed by atoms with Crippen LogP contribution in [-0.4, -0.2) is 17.1 Å². The average Bonchev–Trinajstić information content (AvgIpc) is 2.62. The average molecular weight is 265 g/mol. The van der Waals surface area contributed by atoms with Gasteiger partial charge in [-0.25, -0.2) is 4.79 Å². The molecule has 6 heteroatoms. The van der Waals surface area contributed by atoms with E-state index in [9.17, 15) is 9.59 Å². The van der Waals surface area contributed by atoms with Crippen molar-refractivity contribution in [3.05, 3.63) is 27.9 Å². The summed E-state index contributed by atoms with van der Waals surface area (Å²) in [5.41, 5.74) is 1.57. The van der Waals surface area contributed by atoms with Gasteiger partial charge in [-0.2, -0.15) is 0 Å². The summed E-state index contributed by atoms with van der Waals surface area (Å²) in [6.45, 7) is 2.64. The van der Waals surface area contributed by atoms with Gasteiger partial charge in [0.25, 0.3) is 0 Å². The molecule has 5 nitrogen and oxygen atoms in total. The Morgan fingerprint density at radius 3 is 2.94 bits per heavy atom. The van der Waals surface area contributed by atoms with E-state index in [2.05, 4.69) is 10.6 Å². The molecule has 0 spiro atoms. The molecule has 2 N–H and O–H groups in total. The molecule has 0 bridgehead atoms. The van der Waals surface area contributed by atoms with Crippen molar-refractivity contribution in [2.75, 3.05) is 11.9 Å². The number of carbonyl (C=O) groups excluding carboxylic acids is 1. The van der Waals surface area contributed by atoms with Crippen LogP contribution in [0.5, 0.6) is 0 Å². The van der Waals surface area contributed by atoms with Crippen molar-refractivity contribution in [3.63, 3.8) is 0 Å². The van der Waals surface area contributed by atoms with Gasteiger partial charge in [0.2, 0.25) is 0 Å². The first kappa shape index (κ1) is 12.6. The number of hydrogen-bond acceptors (Lipinski definition) is 3. The van der Waals surface area contributed by atoms with Gasteiger partial charge in [0, 0.05) is 19.3 Å². The van der Waals surface area contributed by atoms with Crippen molar-refractivity contribution in [2.24, 2.45) is 7.05 Å². The lowest BCUT2D eigenvalue weighted by Gasteiger charge is -2.06. The number of anilines is 1. The quantitative estimate of drug-likeness (QED) is 0.893. The molecule has 0 fully saturated rings. The van der Waals surface area contributed by atoms with Crippen LogP contribution in [-0.2, 0) is 7.05 Å². The number of fused-ring (bicyclic) bond motifs is 1. The number of carbonyl (C=O) groups is 1. The molecule has 2 amide bonds. The normalized spacial score (nSPS) is 10.6. The summed E-state index contributed by atoms with van der Waals surface area (Å²) < 4.78 is 2.47. The highest BCUT2D eigenvalue weighted by Gasteiger charge is 2.06. The van der Waals surface area contributed by atoms with E-state index in [1.807, 2.05) is 19.1 Å². The van der Waals surface area contributed by atoms with Gasteiger partial charge >= 0.3 is 10.9 Å². The smallest absolute Gasteiger partial charge is 0.319 e. The summed E-state index contributed by atoms with van der Waals surface area (Å²) in [7, 11) is 1.74. The molecule has 0 saturated heterocycles. The number of aryl methyl sites for hydroxylation is 1. The van der Waals surface area contributed by atoms with E-state index >= 15 is 0 Å². The first-order valence-electron chi connectivity index (χ1n) is 5.76. The Labute approximate surface area is 108 Å². The van der Waals surface area contributed by atoms with E-state index in [1.165, 1.54) is 11.3 Å². The summed E-state index contributed by atoms with van der Waals surface area (Å²) in [5.74, 6) is 0. The number of thiazole rings is 1. The predicted octanol–water partition coefficient (Wildman–Crippen LogP) is 2.13. The Kier molecular flexibility index (Phi) is 3.66. The van der Waals surface area contributed by atoms with Crippen LogP contribution in [0.1, 0.15) is 13.3 Å². The van der Waals surface area contributed by atoms with Gasteiger partial charge in [0.15, 0.2) is 0 Å². The zero-order chi connectivity index (χ0) is 13.1. The molecule has 0 unspecified atom stereocenters. The Hall–Kier alpha value is -1.82. The lowest BCUT2D eigenvalue weighted by molar-refractivity contribution is 0.252. The van der Waals surface area contributed by atoms with Crippen LogP contribution < -0.4 is 15.5 Å². The molecule has 0 aliphatic carbocycles. The minimum absolute atomic E-state index is 0.00224. The number of benzene rings is 1. The zero-order valence-corrected chi connectivity index (χ0v) is 11.1. The van der Waals surface area contributed by atoms with Crippen molar-refractivity contribution in [2.45, 2.75) is 13.3 Å². The molecule has 2 aromatic rings. The maximum atomic E-state index is 11.5. The molecule has 18 heavy (non-hydrogen) atoms. The Morgan fingerprint density at radius 1 is 1.44 bits per heavy atom.